The SMILES string of the molecule is CCN(CC)CCCNC1CC(/C=C/c2cc3ccccc3[nH]2)[N+](C)(C)C2CCCCC12. The second kappa shape index (κ2) is 10.5. The summed E-state index contributed by atoms with van der Waals surface area (Å²) >= 11 is 0. The monoisotopic (exact) mass is 437 g/mol. The largest absolute Gasteiger partial charge is 0.355 e. The number of rotatable bonds is 9. The first-order valence-electron chi connectivity index (χ1n) is 13.1. The Morgan fingerprint density at radius 1 is 1.12 bits per heavy atom. The molecule has 1 aliphatic heterocycles. The Balaban J connectivity index is 1.45. The van der Waals surface area contributed by atoms with Crippen molar-refractivity contribution < 1.29 is 4.48 Å². The number of quaternary nitrogens is 1. The van der Waals surface area contributed by atoms with Crippen LogP contribution >= 0.6 is 0 Å². The van der Waals surface area contributed by atoms with E-state index in [4.69, 9.17) is 0 Å². The highest BCUT2D eigenvalue weighted by molar-refractivity contribution is 5.82. The van der Waals surface area contributed by atoms with Gasteiger partial charge in [-0.1, -0.05) is 38.5 Å². The summed E-state index contributed by atoms with van der Waals surface area (Å²) in [5.74, 6) is 0.824. The van der Waals surface area contributed by atoms with E-state index in [9.17, 15) is 0 Å². The molecule has 32 heavy (non-hydrogen) atoms. The van der Waals surface area contributed by atoms with Gasteiger partial charge in [-0.2, -0.15) is 0 Å². The van der Waals surface area contributed by atoms with Crippen LogP contribution in [0.5, 0.6) is 0 Å². The Kier molecular flexibility index (Phi) is 7.75. The number of para-hydroxylation sites is 1. The summed E-state index contributed by atoms with van der Waals surface area (Å²) in [6.07, 6.45) is 12.9. The van der Waals surface area contributed by atoms with Crippen molar-refractivity contribution in [2.24, 2.45) is 5.92 Å². The first kappa shape index (κ1) is 23.5. The molecule has 2 N–H and O–H groups in total. The third-order valence-electron chi connectivity index (χ3n) is 8.50. The second-order valence-electron chi connectivity index (χ2n) is 10.6. The topological polar surface area (TPSA) is 31.1 Å². The first-order valence-corrected chi connectivity index (χ1v) is 13.1. The lowest BCUT2D eigenvalue weighted by Crippen LogP contribution is -2.67. The summed E-state index contributed by atoms with van der Waals surface area (Å²) < 4.78 is 1.14. The fourth-order valence-electron chi connectivity index (χ4n) is 6.45. The molecule has 2 aliphatic rings. The molecule has 4 nitrogen and oxygen atoms in total. The van der Waals surface area contributed by atoms with E-state index >= 15 is 0 Å². The van der Waals surface area contributed by atoms with Crippen LogP contribution in [0.1, 0.15) is 58.1 Å². The third-order valence-corrected chi connectivity index (χ3v) is 8.50. The highest BCUT2D eigenvalue weighted by Crippen LogP contribution is 2.41. The molecule has 4 unspecified atom stereocenters. The molecule has 176 valence electrons. The molecule has 2 aromatic rings. The zero-order valence-corrected chi connectivity index (χ0v) is 20.8. The van der Waals surface area contributed by atoms with Gasteiger partial charge in [-0.25, -0.2) is 0 Å². The van der Waals surface area contributed by atoms with E-state index in [2.05, 4.69) is 85.6 Å². The number of piperidine rings is 1. The van der Waals surface area contributed by atoms with E-state index in [-0.39, 0.29) is 0 Å². The Labute approximate surface area is 195 Å². The predicted molar refractivity (Wildman–Crippen MR) is 138 cm³/mol. The van der Waals surface area contributed by atoms with Crippen LogP contribution in [0.15, 0.2) is 36.4 Å². The van der Waals surface area contributed by atoms with Crippen LogP contribution in [0.2, 0.25) is 0 Å². The van der Waals surface area contributed by atoms with Gasteiger partial charge in [0.2, 0.25) is 0 Å². The number of likely N-dealkylation sites (N-methyl/N-ethyl adjacent to an activating group) is 1. The van der Waals surface area contributed by atoms with Crippen LogP contribution in [-0.4, -0.2) is 72.8 Å². The van der Waals surface area contributed by atoms with Crippen LogP contribution in [0, 0.1) is 5.92 Å². The molecule has 0 spiro atoms. The molecule has 2 fully saturated rings. The van der Waals surface area contributed by atoms with E-state index in [1.165, 1.54) is 61.7 Å². The predicted octanol–water partition coefficient (Wildman–Crippen LogP) is 5.28. The van der Waals surface area contributed by atoms with Crippen molar-refractivity contribution in [3.05, 3.63) is 42.1 Å². The molecule has 1 aliphatic carbocycles. The molecule has 2 heterocycles. The van der Waals surface area contributed by atoms with Crippen LogP contribution < -0.4 is 5.32 Å². The molecule has 1 aromatic heterocycles. The second-order valence-corrected chi connectivity index (χ2v) is 10.6. The molecule has 0 bridgehead atoms. The van der Waals surface area contributed by atoms with E-state index in [1.54, 1.807) is 0 Å². The Bertz CT molecular complexity index is 845. The van der Waals surface area contributed by atoms with E-state index < -0.39 is 0 Å². The number of fused-ring (bicyclic) bond motifs is 2. The van der Waals surface area contributed by atoms with Gasteiger partial charge in [0.15, 0.2) is 0 Å². The number of aromatic nitrogens is 1. The normalized spacial score (nSPS) is 27.9. The van der Waals surface area contributed by atoms with Gasteiger partial charge >= 0.3 is 0 Å². The molecular formula is C28H45N4+. The van der Waals surface area contributed by atoms with Crippen LogP contribution in [0.4, 0.5) is 0 Å². The average Bonchev–Trinajstić information content (AvgIpc) is 3.23. The highest BCUT2D eigenvalue weighted by atomic mass is 15.4. The Hall–Kier alpha value is -1.62. The van der Waals surface area contributed by atoms with Crippen molar-refractivity contribution in [3.63, 3.8) is 0 Å². The van der Waals surface area contributed by atoms with Crippen molar-refractivity contribution in [1.29, 1.82) is 0 Å². The van der Waals surface area contributed by atoms with Gasteiger partial charge in [0.05, 0.1) is 20.1 Å². The van der Waals surface area contributed by atoms with Gasteiger partial charge < -0.3 is 19.7 Å². The maximum absolute atomic E-state index is 4.03. The molecule has 0 radical (unpaired) electrons. The molecule has 4 heteroatoms. The van der Waals surface area contributed by atoms with Gasteiger partial charge in [0, 0.05) is 29.6 Å². The zero-order chi connectivity index (χ0) is 22.6. The summed E-state index contributed by atoms with van der Waals surface area (Å²) in [6, 6.07) is 12.8. The fourth-order valence-corrected chi connectivity index (χ4v) is 6.45. The Morgan fingerprint density at radius 2 is 1.91 bits per heavy atom. The van der Waals surface area contributed by atoms with Gasteiger partial charge in [-0.05, 0) is 81.5 Å². The number of nitrogens with one attached hydrogen (secondary N) is 2. The van der Waals surface area contributed by atoms with Crippen LogP contribution in [0.3, 0.4) is 0 Å². The molecule has 4 rings (SSSR count). The lowest BCUT2D eigenvalue weighted by atomic mass is 9.72. The Morgan fingerprint density at radius 3 is 2.69 bits per heavy atom. The lowest BCUT2D eigenvalue weighted by molar-refractivity contribution is -0.943. The van der Waals surface area contributed by atoms with Crippen molar-refractivity contribution in [2.75, 3.05) is 40.3 Å². The number of aromatic amines is 1. The van der Waals surface area contributed by atoms with Gasteiger partial charge in [-0.15, -0.1) is 0 Å². The number of nitrogens with zero attached hydrogens (tertiary/aromatic N) is 2. The average molecular weight is 438 g/mol. The van der Waals surface area contributed by atoms with Crippen molar-refractivity contribution in [1.82, 2.24) is 15.2 Å². The van der Waals surface area contributed by atoms with Crippen molar-refractivity contribution >= 4 is 17.0 Å². The zero-order valence-electron chi connectivity index (χ0n) is 20.8. The number of hydrogen-bond donors (Lipinski definition) is 2. The lowest BCUT2D eigenvalue weighted by Gasteiger charge is -2.55. The molecule has 0 amide bonds. The number of likely N-dealkylation sites (tertiary alicyclic amines) is 1. The maximum atomic E-state index is 4.03. The standard InChI is InChI=1S/C28H45N4/c1-5-31(6-2)19-11-18-29-27-21-24(32(3,4)28-15-10-8-13-25(27)28)17-16-23-20-22-12-7-9-14-26(22)30-23/h7,9,12,14,16-17,20,24-25,27-30H,5-6,8,10-11,13,15,18-19,21H2,1-4H3/q+1/b17-16+. The van der Waals surface area contributed by atoms with Gasteiger partial charge in [0.25, 0.3) is 0 Å². The van der Waals surface area contributed by atoms with Gasteiger partial charge in [-0.3, -0.25) is 0 Å². The highest BCUT2D eigenvalue weighted by Gasteiger charge is 2.49. The molecule has 1 aromatic carbocycles. The van der Waals surface area contributed by atoms with E-state index in [0.717, 1.165) is 36.1 Å². The molecule has 1 saturated carbocycles. The van der Waals surface area contributed by atoms with Crippen molar-refractivity contribution in [2.45, 2.75) is 70.5 Å². The molecule has 1 saturated heterocycles. The minimum atomic E-state index is 0.557. The maximum Gasteiger partial charge on any atom is 0.109 e. The summed E-state index contributed by atoms with van der Waals surface area (Å²) in [6.45, 7) is 9.24. The summed E-state index contributed by atoms with van der Waals surface area (Å²) in [7, 11) is 4.97. The summed E-state index contributed by atoms with van der Waals surface area (Å²) in [5.41, 5.74) is 2.45. The summed E-state index contributed by atoms with van der Waals surface area (Å²) in [4.78, 5) is 6.12. The summed E-state index contributed by atoms with van der Waals surface area (Å²) in [5, 5.41) is 5.33. The number of H-pyrrole nitrogens is 1. The first-order chi connectivity index (χ1) is 15.5. The minimum absolute atomic E-state index is 0.557. The smallest absolute Gasteiger partial charge is 0.109 e. The van der Waals surface area contributed by atoms with Gasteiger partial charge in [0.1, 0.15) is 6.04 Å². The third kappa shape index (κ3) is 5.13. The van der Waals surface area contributed by atoms with E-state index in [0.29, 0.717) is 12.1 Å². The van der Waals surface area contributed by atoms with Crippen molar-refractivity contribution in [3.8, 4) is 0 Å². The number of benzene rings is 1. The quantitative estimate of drug-likeness (QED) is 0.413. The minimum Gasteiger partial charge on any atom is -0.355 e. The van der Waals surface area contributed by atoms with Crippen LogP contribution in [-0.2, 0) is 0 Å². The molecular weight excluding hydrogens is 392 g/mol. The molecule has 4 atom stereocenters. The van der Waals surface area contributed by atoms with Crippen LogP contribution in [0.25, 0.3) is 17.0 Å². The number of hydrogen-bond acceptors (Lipinski definition) is 2. The fraction of sp³-hybridized carbons (Fsp3) is 0.643. The van der Waals surface area contributed by atoms with E-state index in [1.807, 2.05) is 0 Å².